The number of aryl methyl sites for hydroxylation is 1. The predicted octanol–water partition coefficient (Wildman–Crippen LogP) is 4.37. The van der Waals surface area contributed by atoms with Crippen molar-refractivity contribution in [2.24, 2.45) is 17.3 Å². The minimum Gasteiger partial charge on any atom is -0.497 e. The highest BCUT2D eigenvalue weighted by Crippen LogP contribution is 2.20. The van der Waals surface area contributed by atoms with Crippen molar-refractivity contribution in [2.45, 2.75) is 11.8 Å². The molecule has 0 aliphatic heterocycles. The molecule has 0 amide bonds. The van der Waals surface area contributed by atoms with E-state index in [0.717, 1.165) is 20.6 Å². The number of hydrogen-bond acceptors (Lipinski definition) is 6. The summed E-state index contributed by atoms with van der Waals surface area (Å²) in [5.41, 5.74) is 3.04. The molecular weight excluding hydrogens is 444 g/mol. The van der Waals surface area contributed by atoms with E-state index in [-0.39, 0.29) is 4.90 Å². The first kappa shape index (κ1) is 21.8. The van der Waals surface area contributed by atoms with Crippen molar-refractivity contribution in [2.75, 3.05) is 11.8 Å². The third-order valence-electron chi connectivity index (χ3n) is 4.92. The van der Waals surface area contributed by atoms with Gasteiger partial charge in [0, 0.05) is 12.7 Å². The van der Waals surface area contributed by atoms with Gasteiger partial charge in [-0.1, -0.05) is 35.6 Å². The van der Waals surface area contributed by atoms with Gasteiger partial charge in [-0.3, -0.25) is 4.72 Å². The molecule has 0 atom stereocenters. The van der Waals surface area contributed by atoms with Crippen LogP contribution in [-0.2, 0) is 17.1 Å². The summed E-state index contributed by atoms with van der Waals surface area (Å²) in [6.45, 7) is 1.84. The monoisotopic (exact) mass is 466 g/mol. The molecule has 9 heteroatoms. The zero-order valence-corrected chi connectivity index (χ0v) is 19.4. The van der Waals surface area contributed by atoms with Gasteiger partial charge in [0.2, 0.25) is 4.80 Å². The van der Waals surface area contributed by atoms with Crippen LogP contribution in [0.2, 0.25) is 0 Å². The molecule has 0 fully saturated rings. The summed E-state index contributed by atoms with van der Waals surface area (Å²) in [4.78, 5) is 0.950. The summed E-state index contributed by atoms with van der Waals surface area (Å²) in [5.74, 6) is 0.654. The summed E-state index contributed by atoms with van der Waals surface area (Å²) < 4.78 is 36.2. The molecule has 0 radical (unpaired) electrons. The van der Waals surface area contributed by atoms with Crippen LogP contribution in [0.15, 0.2) is 87.9 Å². The lowest BCUT2D eigenvalue weighted by atomic mass is 10.1. The fraction of sp³-hybridized carbons (Fsp3) is 0.130. The number of nitrogens with one attached hydrogen (secondary N) is 1. The maximum atomic E-state index is 12.7. The molecule has 0 spiro atoms. The van der Waals surface area contributed by atoms with Crippen LogP contribution in [0.1, 0.15) is 12.5 Å². The third kappa shape index (κ3) is 4.58. The number of methoxy groups -OCH3 is 1. The predicted molar refractivity (Wildman–Crippen MR) is 129 cm³/mol. The van der Waals surface area contributed by atoms with Gasteiger partial charge in [-0.05, 0) is 61.0 Å². The Morgan fingerprint density at radius 2 is 1.69 bits per heavy atom. The molecule has 4 aromatic rings. The zero-order valence-electron chi connectivity index (χ0n) is 17.8. The van der Waals surface area contributed by atoms with Gasteiger partial charge in [0.25, 0.3) is 10.0 Å². The first-order valence-electron chi connectivity index (χ1n) is 9.77. The molecular formula is C23H22N4O3S2. The third-order valence-corrected chi connectivity index (χ3v) is 7.43. The molecule has 7 nitrogen and oxygen atoms in total. The maximum absolute atomic E-state index is 12.7. The number of ether oxygens (including phenoxy) is 1. The van der Waals surface area contributed by atoms with E-state index in [1.807, 2.05) is 36.7 Å². The van der Waals surface area contributed by atoms with E-state index in [1.54, 1.807) is 67.0 Å². The van der Waals surface area contributed by atoms with Crippen molar-refractivity contribution in [1.82, 2.24) is 4.57 Å². The number of para-hydroxylation sites is 1. The second-order valence-corrected chi connectivity index (χ2v) is 9.75. The Morgan fingerprint density at radius 3 is 2.34 bits per heavy atom. The highest BCUT2D eigenvalue weighted by Gasteiger charge is 2.14. The molecule has 0 unspecified atom stereocenters. The van der Waals surface area contributed by atoms with Crippen LogP contribution >= 0.6 is 11.3 Å². The lowest BCUT2D eigenvalue weighted by Gasteiger charge is -2.09. The average molecular weight is 467 g/mol. The number of fused-ring (bicyclic) bond motifs is 1. The highest BCUT2D eigenvalue weighted by atomic mass is 32.2. The number of hydrogen-bond donors (Lipinski definition) is 1. The van der Waals surface area contributed by atoms with Gasteiger partial charge in [-0.2, -0.15) is 5.10 Å². The van der Waals surface area contributed by atoms with Crippen molar-refractivity contribution in [1.29, 1.82) is 0 Å². The number of nitrogens with zero attached hydrogens (tertiary/aromatic N) is 3. The van der Waals surface area contributed by atoms with Crippen LogP contribution in [0.3, 0.4) is 0 Å². The van der Waals surface area contributed by atoms with Crippen molar-refractivity contribution in [3.8, 4) is 5.75 Å². The van der Waals surface area contributed by atoms with E-state index in [2.05, 4.69) is 21.0 Å². The number of thiazole rings is 1. The van der Waals surface area contributed by atoms with E-state index in [1.165, 1.54) is 0 Å². The molecule has 1 aromatic heterocycles. The Bertz CT molecular complexity index is 1450. The summed E-state index contributed by atoms with van der Waals surface area (Å²) in [5, 5.41) is 8.74. The first-order valence-corrected chi connectivity index (χ1v) is 12.1. The van der Waals surface area contributed by atoms with E-state index in [0.29, 0.717) is 17.1 Å². The Balaban J connectivity index is 1.54. The average Bonchev–Trinajstić information content (AvgIpc) is 3.13. The molecule has 0 aliphatic carbocycles. The normalized spacial score (nSPS) is 12.8. The smallest absolute Gasteiger partial charge is 0.261 e. The highest BCUT2D eigenvalue weighted by molar-refractivity contribution is 7.92. The molecule has 0 bridgehead atoms. The van der Waals surface area contributed by atoms with E-state index in [9.17, 15) is 8.42 Å². The van der Waals surface area contributed by atoms with Crippen LogP contribution in [0.4, 0.5) is 5.69 Å². The van der Waals surface area contributed by atoms with Crippen LogP contribution in [0.5, 0.6) is 5.75 Å². The maximum Gasteiger partial charge on any atom is 0.261 e. The molecule has 32 heavy (non-hydrogen) atoms. The molecule has 4 rings (SSSR count). The Kier molecular flexibility index (Phi) is 6.11. The summed E-state index contributed by atoms with van der Waals surface area (Å²) in [7, 11) is -0.193. The number of rotatable bonds is 6. The first-order chi connectivity index (χ1) is 15.4. The molecule has 1 heterocycles. The van der Waals surface area contributed by atoms with Gasteiger partial charge in [-0.25, -0.2) is 8.42 Å². The Labute approximate surface area is 190 Å². The van der Waals surface area contributed by atoms with Crippen LogP contribution in [0, 0.1) is 0 Å². The molecule has 0 saturated heterocycles. The van der Waals surface area contributed by atoms with Crippen molar-refractivity contribution in [3.05, 3.63) is 83.2 Å². The van der Waals surface area contributed by atoms with E-state index in [4.69, 9.17) is 4.74 Å². The zero-order chi connectivity index (χ0) is 22.7. The molecule has 1 N–H and O–H groups in total. The Morgan fingerprint density at radius 1 is 1.00 bits per heavy atom. The van der Waals surface area contributed by atoms with Crippen LogP contribution in [-0.4, -0.2) is 25.8 Å². The van der Waals surface area contributed by atoms with Gasteiger partial charge < -0.3 is 9.30 Å². The van der Waals surface area contributed by atoms with Crippen molar-refractivity contribution >= 4 is 43.0 Å². The molecule has 0 saturated carbocycles. The SMILES string of the molecule is COc1ccc(NS(=O)(=O)c2ccc(/C(C)=N/N=c3\sc4ccccc4n3C)cc2)cc1. The van der Waals surface area contributed by atoms with Crippen LogP contribution < -0.4 is 14.3 Å². The fourth-order valence-electron chi connectivity index (χ4n) is 3.10. The second-order valence-electron chi connectivity index (χ2n) is 7.06. The Hall–Kier alpha value is -3.43. The van der Waals surface area contributed by atoms with Gasteiger partial charge in [0.15, 0.2) is 0 Å². The van der Waals surface area contributed by atoms with E-state index >= 15 is 0 Å². The minimum atomic E-state index is -3.71. The quantitative estimate of drug-likeness (QED) is 0.338. The van der Waals surface area contributed by atoms with Crippen LogP contribution in [0.25, 0.3) is 10.2 Å². The lowest BCUT2D eigenvalue weighted by Crippen LogP contribution is -2.13. The largest absolute Gasteiger partial charge is 0.497 e. The number of benzene rings is 3. The second kappa shape index (κ2) is 8.97. The summed E-state index contributed by atoms with van der Waals surface area (Å²) in [6.07, 6.45) is 0. The topological polar surface area (TPSA) is 85.0 Å². The van der Waals surface area contributed by atoms with Gasteiger partial charge in [-0.15, -0.1) is 5.10 Å². The fourth-order valence-corrected chi connectivity index (χ4v) is 5.13. The van der Waals surface area contributed by atoms with Crippen molar-refractivity contribution < 1.29 is 13.2 Å². The van der Waals surface area contributed by atoms with Gasteiger partial charge in [0.1, 0.15) is 5.75 Å². The molecule has 0 aliphatic rings. The van der Waals surface area contributed by atoms with Gasteiger partial charge >= 0.3 is 0 Å². The number of anilines is 1. The standard InChI is InChI=1S/C23H22N4O3S2/c1-16(24-25-23-27(2)21-6-4-5-7-22(21)31-23)17-8-14-20(15-9-17)32(28,29)26-18-10-12-19(30-3)13-11-18/h4-15,26H,1-3H3/b24-16+,25-23-. The van der Waals surface area contributed by atoms with E-state index < -0.39 is 10.0 Å². The lowest BCUT2D eigenvalue weighted by molar-refractivity contribution is 0.415. The molecule has 3 aromatic carbocycles. The molecule has 164 valence electrons. The van der Waals surface area contributed by atoms with Crippen molar-refractivity contribution in [3.63, 3.8) is 0 Å². The van der Waals surface area contributed by atoms with Gasteiger partial charge in [0.05, 0.1) is 27.9 Å². The number of sulfonamides is 1. The summed E-state index contributed by atoms with van der Waals surface area (Å²) in [6, 6.07) is 21.3. The number of aromatic nitrogens is 1. The minimum absolute atomic E-state index is 0.165. The summed E-state index contributed by atoms with van der Waals surface area (Å²) >= 11 is 1.56.